The van der Waals surface area contributed by atoms with Crippen molar-refractivity contribution < 1.29 is 22.7 Å². The Morgan fingerprint density at radius 2 is 1.67 bits per heavy atom. The number of morpholine rings is 1. The average molecular weight is 429 g/mol. The van der Waals surface area contributed by atoms with Gasteiger partial charge in [-0.05, 0) is 42.8 Å². The normalized spacial score (nSPS) is 17.3. The lowest BCUT2D eigenvalue weighted by Gasteiger charge is -2.27. The van der Waals surface area contributed by atoms with Crippen molar-refractivity contribution in [2.24, 2.45) is 0 Å². The van der Waals surface area contributed by atoms with E-state index >= 15 is 0 Å². The van der Waals surface area contributed by atoms with Crippen LogP contribution in [-0.4, -0.2) is 58.0 Å². The maximum atomic E-state index is 12.9. The van der Waals surface area contributed by atoms with E-state index in [1.165, 1.54) is 12.1 Å². The summed E-state index contributed by atoms with van der Waals surface area (Å²) in [6.07, 6.45) is 1.31. The van der Waals surface area contributed by atoms with Gasteiger partial charge in [-0.15, -0.1) is 0 Å². The minimum absolute atomic E-state index is 0.0410. The van der Waals surface area contributed by atoms with E-state index in [-0.39, 0.29) is 22.4 Å². The summed E-state index contributed by atoms with van der Waals surface area (Å²) in [5, 5.41) is 0. The molecule has 2 heterocycles. The average Bonchev–Trinajstić information content (AvgIpc) is 3.20. The molecule has 0 aromatic heterocycles. The van der Waals surface area contributed by atoms with Crippen molar-refractivity contribution in [3.05, 3.63) is 54.1 Å². The number of nitrogens with one attached hydrogen (secondary N) is 1. The zero-order valence-electron chi connectivity index (χ0n) is 16.4. The molecule has 0 unspecified atom stereocenters. The zero-order chi connectivity index (χ0) is 21.1. The molecule has 0 bridgehead atoms. The quantitative estimate of drug-likeness (QED) is 0.785. The maximum Gasteiger partial charge on any atom is 0.261 e. The van der Waals surface area contributed by atoms with Crippen LogP contribution in [0.3, 0.4) is 0 Å². The lowest BCUT2D eigenvalue weighted by atomic mass is 10.1. The molecule has 4 rings (SSSR count). The Labute approximate surface area is 175 Å². The van der Waals surface area contributed by atoms with E-state index in [0.29, 0.717) is 50.5 Å². The van der Waals surface area contributed by atoms with E-state index in [9.17, 15) is 18.0 Å². The van der Waals surface area contributed by atoms with Crippen LogP contribution in [0.25, 0.3) is 0 Å². The molecule has 30 heavy (non-hydrogen) atoms. The van der Waals surface area contributed by atoms with Gasteiger partial charge in [-0.25, -0.2) is 8.42 Å². The summed E-state index contributed by atoms with van der Waals surface area (Å²) < 4.78 is 33.6. The van der Waals surface area contributed by atoms with Gasteiger partial charge in [0, 0.05) is 31.7 Å². The van der Waals surface area contributed by atoms with E-state index < -0.39 is 10.0 Å². The summed E-state index contributed by atoms with van der Waals surface area (Å²) >= 11 is 0. The van der Waals surface area contributed by atoms with Crippen LogP contribution >= 0.6 is 0 Å². The molecule has 0 saturated carbocycles. The van der Waals surface area contributed by atoms with Gasteiger partial charge in [0.15, 0.2) is 0 Å². The third-order valence-corrected chi connectivity index (χ3v) is 6.61. The number of hydrogen-bond acceptors (Lipinski definition) is 5. The monoisotopic (exact) mass is 429 g/mol. The summed E-state index contributed by atoms with van der Waals surface area (Å²) in [7, 11) is -3.90. The number of hydrogen-bond donors (Lipinski definition) is 1. The van der Waals surface area contributed by atoms with Gasteiger partial charge in [0.1, 0.15) is 0 Å². The largest absolute Gasteiger partial charge is 0.378 e. The van der Waals surface area contributed by atoms with Gasteiger partial charge in [0.05, 0.1) is 29.4 Å². The number of rotatable bonds is 5. The number of benzene rings is 2. The highest BCUT2D eigenvalue weighted by Crippen LogP contribution is 2.25. The molecule has 1 N–H and O–H groups in total. The first-order valence-electron chi connectivity index (χ1n) is 9.85. The first-order valence-corrected chi connectivity index (χ1v) is 11.3. The SMILES string of the molecule is O=C(c1ccccc1NS(=O)(=O)c1ccc(N2CCCC2=O)cc1)N1CCOCC1. The van der Waals surface area contributed by atoms with Crippen LogP contribution in [0.2, 0.25) is 0 Å². The Morgan fingerprint density at radius 3 is 2.33 bits per heavy atom. The molecule has 158 valence electrons. The molecule has 0 spiro atoms. The van der Waals surface area contributed by atoms with E-state index in [4.69, 9.17) is 4.74 Å². The summed E-state index contributed by atoms with van der Waals surface area (Å²) in [6, 6.07) is 12.8. The van der Waals surface area contributed by atoms with E-state index in [1.807, 2.05) is 0 Å². The Bertz CT molecular complexity index is 1050. The molecule has 2 aliphatic rings. The van der Waals surface area contributed by atoms with Gasteiger partial charge in [-0.2, -0.15) is 0 Å². The van der Waals surface area contributed by atoms with E-state index in [0.717, 1.165) is 6.42 Å². The molecular formula is C21H23N3O5S. The Balaban J connectivity index is 1.55. The molecule has 9 heteroatoms. The number of para-hydroxylation sites is 1. The van der Waals surface area contributed by atoms with Gasteiger partial charge in [-0.3, -0.25) is 14.3 Å². The fraction of sp³-hybridized carbons (Fsp3) is 0.333. The highest BCUT2D eigenvalue weighted by atomic mass is 32.2. The fourth-order valence-corrected chi connectivity index (χ4v) is 4.71. The van der Waals surface area contributed by atoms with Crippen molar-refractivity contribution in [2.45, 2.75) is 17.7 Å². The lowest BCUT2D eigenvalue weighted by Crippen LogP contribution is -2.41. The fourth-order valence-electron chi connectivity index (χ4n) is 3.63. The molecule has 2 saturated heterocycles. The van der Waals surface area contributed by atoms with E-state index in [2.05, 4.69) is 4.72 Å². The number of ether oxygens (including phenoxy) is 1. The van der Waals surface area contributed by atoms with Crippen LogP contribution in [0, 0.1) is 0 Å². The molecule has 0 radical (unpaired) electrons. The predicted molar refractivity (Wildman–Crippen MR) is 112 cm³/mol. The topological polar surface area (TPSA) is 96.0 Å². The Hall–Kier alpha value is -2.91. The minimum Gasteiger partial charge on any atom is -0.378 e. The third-order valence-electron chi connectivity index (χ3n) is 5.23. The van der Waals surface area contributed by atoms with Crippen molar-refractivity contribution in [1.82, 2.24) is 4.90 Å². The highest BCUT2D eigenvalue weighted by Gasteiger charge is 2.25. The third kappa shape index (κ3) is 4.17. The smallest absolute Gasteiger partial charge is 0.261 e. The molecule has 2 aliphatic heterocycles. The molecular weight excluding hydrogens is 406 g/mol. The van der Waals surface area contributed by atoms with Gasteiger partial charge in [0.25, 0.3) is 15.9 Å². The van der Waals surface area contributed by atoms with Crippen LogP contribution < -0.4 is 9.62 Å². The molecule has 2 aromatic rings. The van der Waals surface area contributed by atoms with Crippen LogP contribution in [0.15, 0.2) is 53.4 Å². The van der Waals surface area contributed by atoms with Crippen molar-refractivity contribution in [3.63, 3.8) is 0 Å². The van der Waals surface area contributed by atoms with Gasteiger partial charge < -0.3 is 14.5 Å². The second kappa shape index (κ2) is 8.45. The summed E-state index contributed by atoms with van der Waals surface area (Å²) in [5.41, 5.74) is 1.20. The number of carbonyl (C=O) groups is 2. The van der Waals surface area contributed by atoms with Crippen LogP contribution in [0.5, 0.6) is 0 Å². The molecule has 2 fully saturated rings. The van der Waals surface area contributed by atoms with Crippen LogP contribution in [0.4, 0.5) is 11.4 Å². The van der Waals surface area contributed by atoms with Crippen molar-refractivity contribution in [3.8, 4) is 0 Å². The standard InChI is InChI=1S/C21H23N3O5S/c25-20-6-3-11-24(20)16-7-9-17(10-8-16)30(27,28)22-19-5-2-1-4-18(19)21(26)23-12-14-29-15-13-23/h1-2,4-5,7-10,22H,3,6,11-15H2. The summed E-state index contributed by atoms with van der Waals surface area (Å²) in [5.74, 6) is -0.196. The lowest BCUT2D eigenvalue weighted by molar-refractivity contribution is -0.117. The van der Waals surface area contributed by atoms with Gasteiger partial charge in [0.2, 0.25) is 5.91 Å². The molecule has 0 atom stereocenters. The van der Waals surface area contributed by atoms with Gasteiger partial charge in [-0.1, -0.05) is 12.1 Å². The molecule has 0 aliphatic carbocycles. The second-order valence-corrected chi connectivity index (χ2v) is 8.88. The first kappa shape index (κ1) is 20.4. The summed E-state index contributed by atoms with van der Waals surface area (Å²) in [4.78, 5) is 28.1. The van der Waals surface area contributed by atoms with Crippen molar-refractivity contribution >= 4 is 33.2 Å². The molecule has 2 aromatic carbocycles. The number of anilines is 2. The zero-order valence-corrected chi connectivity index (χ0v) is 17.2. The maximum absolute atomic E-state index is 12.9. The van der Waals surface area contributed by atoms with Crippen molar-refractivity contribution in [2.75, 3.05) is 42.5 Å². The number of carbonyl (C=O) groups excluding carboxylic acids is 2. The number of amides is 2. The second-order valence-electron chi connectivity index (χ2n) is 7.20. The first-order chi connectivity index (χ1) is 14.5. The highest BCUT2D eigenvalue weighted by molar-refractivity contribution is 7.92. The van der Waals surface area contributed by atoms with Crippen LogP contribution in [-0.2, 0) is 19.6 Å². The number of sulfonamides is 1. The number of nitrogens with zero attached hydrogens (tertiary/aromatic N) is 2. The van der Waals surface area contributed by atoms with Crippen LogP contribution in [0.1, 0.15) is 23.2 Å². The van der Waals surface area contributed by atoms with Crippen molar-refractivity contribution in [1.29, 1.82) is 0 Å². The van der Waals surface area contributed by atoms with Gasteiger partial charge >= 0.3 is 0 Å². The minimum atomic E-state index is -3.90. The molecule has 2 amide bonds. The summed E-state index contributed by atoms with van der Waals surface area (Å²) in [6.45, 7) is 2.50. The molecule has 8 nitrogen and oxygen atoms in total. The Kier molecular flexibility index (Phi) is 5.74. The Morgan fingerprint density at radius 1 is 0.967 bits per heavy atom. The predicted octanol–water partition coefficient (Wildman–Crippen LogP) is 2.09. The van der Waals surface area contributed by atoms with E-state index in [1.54, 1.807) is 46.2 Å².